The van der Waals surface area contributed by atoms with Crippen LogP contribution < -0.4 is 14.2 Å². The maximum Gasteiger partial charge on any atom is 0.241 e. The maximum absolute atomic E-state index is 12.5. The molecule has 0 saturated carbocycles. The highest BCUT2D eigenvalue weighted by Gasteiger charge is 2.19. The molecule has 0 saturated heterocycles. The molecular weight excluding hydrogens is 314 g/mol. The van der Waals surface area contributed by atoms with Crippen molar-refractivity contribution in [1.82, 2.24) is 4.72 Å². The van der Waals surface area contributed by atoms with E-state index < -0.39 is 10.0 Å². The summed E-state index contributed by atoms with van der Waals surface area (Å²) >= 11 is 0. The van der Waals surface area contributed by atoms with Crippen LogP contribution in [-0.2, 0) is 16.6 Å². The number of fused-ring (bicyclic) bond motifs is 1. The van der Waals surface area contributed by atoms with E-state index in [0.717, 1.165) is 16.7 Å². The van der Waals surface area contributed by atoms with Crippen molar-refractivity contribution in [2.45, 2.75) is 25.3 Å². The molecule has 0 aromatic heterocycles. The van der Waals surface area contributed by atoms with Crippen molar-refractivity contribution in [1.29, 1.82) is 0 Å². The largest absolute Gasteiger partial charge is 0.486 e. The van der Waals surface area contributed by atoms with E-state index in [1.54, 1.807) is 6.07 Å². The Morgan fingerprint density at radius 2 is 1.74 bits per heavy atom. The molecule has 1 N–H and O–H groups in total. The molecule has 6 heteroatoms. The topological polar surface area (TPSA) is 64.6 Å². The highest BCUT2D eigenvalue weighted by atomic mass is 32.2. The summed E-state index contributed by atoms with van der Waals surface area (Å²) in [7, 11) is -3.60. The molecule has 0 radical (unpaired) electrons. The third kappa shape index (κ3) is 3.48. The van der Waals surface area contributed by atoms with E-state index in [1.165, 1.54) is 12.1 Å². The Morgan fingerprint density at radius 1 is 1.00 bits per heavy atom. The molecule has 0 amide bonds. The molecule has 5 nitrogen and oxygen atoms in total. The molecule has 23 heavy (non-hydrogen) atoms. The van der Waals surface area contributed by atoms with Gasteiger partial charge in [-0.15, -0.1) is 0 Å². The van der Waals surface area contributed by atoms with Crippen LogP contribution in [0.4, 0.5) is 0 Å². The second-order valence-electron chi connectivity index (χ2n) is 5.56. The Balaban J connectivity index is 1.79. The second-order valence-corrected chi connectivity index (χ2v) is 7.33. The van der Waals surface area contributed by atoms with Gasteiger partial charge in [-0.3, -0.25) is 0 Å². The average Bonchev–Trinajstić information content (AvgIpc) is 2.53. The van der Waals surface area contributed by atoms with Gasteiger partial charge in [0.1, 0.15) is 13.2 Å². The number of hydrogen-bond donors (Lipinski definition) is 1. The van der Waals surface area contributed by atoms with Crippen LogP contribution in [0.3, 0.4) is 0 Å². The standard InChI is InChI=1S/C17H19NO4S/c1-12-3-4-14(13(2)9-12)11-18-23(19,20)15-5-6-16-17(10-15)22-8-7-21-16/h3-6,9-10,18H,7-8,11H2,1-2H3. The zero-order valence-electron chi connectivity index (χ0n) is 13.1. The predicted molar refractivity (Wildman–Crippen MR) is 87.4 cm³/mol. The van der Waals surface area contributed by atoms with Gasteiger partial charge in [0.25, 0.3) is 0 Å². The van der Waals surface area contributed by atoms with Gasteiger partial charge < -0.3 is 9.47 Å². The van der Waals surface area contributed by atoms with E-state index in [9.17, 15) is 8.42 Å². The number of benzene rings is 2. The fourth-order valence-electron chi connectivity index (χ4n) is 2.49. The van der Waals surface area contributed by atoms with Gasteiger partial charge >= 0.3 is 0 Å². The van der Waals surface area contributed by atoms with Gasteiger partial charge in [-0.1, -0.05) is 23.8 Å². The normalized spacial score (nSPS) is 13.8. The molecule has 0 spiro atoms. The van der Waals surface area contributed by atoms with Gasteiger partial charge in [0.2, 0.25) is 10.0 Å². The summed E-state index contributed by atoms with van der Waals surface area (Å²) in [5.41, 5.74) is 3.17. The van der Waals surface area contributed by atoms with Crippen molar-refractivity contribution < 1.29 is 17.9 Å². The first kappa shape index (κ1) is 15.8. The lowest BCUT2D eigenvalue weighted by Gasteiger charge is -2.19. The first-order valence-corrected chi connectivity index (χ1v) is 8.89. The van der Waals surface area contributed by atoms with E-state index in [0.29, 0.717) is 24.7 Å². The summed E-state index contributed by atoms with van der Waals surface area (Å²) in [5.74, 6) is 1.04. The molecule has 122 valence electrons. The van der Waals surface area contributed by atoms with Crippen molar-refractivity contribution in [2.24, 2.45) is 0 Å². The van der Waals surface area contributed by atoms with Crippen LogP contribution in [0.15, 0.2) is 41.3 Å². The third-order valence-electron chi connectivity index (χ3n) is 3.77. The Bertz CT molecular complexity index is 830. The molecule has 1 heterocycles. The number of hydrogen-bond acceptors (Lipinski definition) is 4. The molecule has 2 aromatic carbocycles. The Morgan fingerprint density at radius 3 is 2.48 bits per heavy atom. The van der Waals surface area contributed by atoms with Crippen LogP contribution in [-0.4, -0.2) is 21.6 Å². The number of rotatable bonds is 4. The molecule has 0 atom stereocenters. The monoisotopic (exact) mass is 333 g/mol. The molecule has 1 aliphatic rings. The van der Waals surface area contributed by atoms with Crippen LogP contribution in [0, 0.1) is 13.8 Å². The van der Waals surface area contributed by atoms with Gasteiger partial charge in [-0.05, 0) is 37.1 Å². The molecule has 3 rings (SSSR count). The van der Waals surface area contributed by atoms with E-state index in [4.69, 9.17) is 9.47 Å². The summed E-state index contributed by atoms with van der Waals surface area (Å²) in [6.07, 6.45) is 0. The van der Waals surface area contributed by atoms with Crippen LogP contribution in [0.2, 0.25) is 0 Å². The highest BCUT2D eigenvalue weighted by molar-refractivity contribution is 7.89. The zero-order valence-corrected chi connectivity index (χ0v) is 13.9. The number of ether oxygens (including phenoxy) is 2. The molecule has 1 aliphatic heterocycles. The quantitative estimate of drug-likeness (QED) is 0.934. The van der Waals surface area contributed by atoms with Crippen LogP contribution in [0.1, 0.15) is 16.7 Å². The van der Waals surface area contributed by atoms with Crippen molar-refractivity contribution >= 4 is 10.0 Å². The van der Waals surface area contributed by atoms with E-state index in [2.05, 4.69) is 4.72 Å². The van der Waals surface area contributed by atoms with Crippen LogP contribution >= 0.6 is 0 Å². The van der Waals surface area contributed by atoms with Gasteiger partial charge in [-0.2, -0.15) is 0 Å². The Kier molecular flexibility index (Phi) is 4.28. The summed E-state index contributed by atoms with van der Waals surface area (Å²) in [5, 5.41) is 0. The lowest BCUT2D eigenvalue weighted by molar-refractivity contribution is 0.171. The summed E-state index contributed by atoms with van der Waals surface area (Å²) in [4.78, 5) is 0.173. The van der Waals surface area contributed by atoms with E-state index in [-0.39, 0.29) is 11.4 Å². The molecule has 0 bridgehead atoms. The third-order valence-corrected chi connectivity index (χ3v) is 5.17. The molecule has 2 aromatic rings. The lowest BCUT2D eigenvalue weighted by atomic mass is 10.1. The van der Waals surface area contributed by atoms with Gasteiger partial charge in [-0.25, -0.2) is 13.1 Å². The molecule has 0 fully saturated rings. The Labute approximate surface area is 136 Å². The van der Waals surface area contributed by atoms with Gasteiger partial charge in [0.15, 0.2) is 11.5 Å². The van der Waals surface area contributed by atoms with Crippen molar-refractivity contribution in [3.05, 3.63) is 53.1 Å². The lowest BCUT2D eigenvalue weighted by Crippen LogP contribution is -2.24. The van der Waals surface area contributed by atoms with Gasteiger partial charge in [0, 0.05) is 12.6 Å². The van der Waals surface area contributed by atoms with Crippen molar-refractivity contribution in [3.63, 3.8) is 0 Å². The van der Waals surface area contributed by atoms with Crippen LogP contribution in [0.25, 0.3) is 0 Å². The number of sulfonamides is 1. The Hall–Kier alpha value is -2.05. The smallest absolute Gasteiger partial charge is 0.241 e. The molecular formula is C17H19NO4S. The summed E-state index contributed by atoms with van der Waals surface area (Å²) in [6, 6.07) is 10.6. The first-order chi connectivity index (χ1) is 11.0. The SMILES string of the molecule is Cc1ccc(CNS(=O)(=O)c2ccc3c(c2)OCCO3)c(C)c1. The fraction of sp³-hybridized carbons (Fsp3) is 0.294. The number of nitrogens with one attached hydrogen (secondary N) is 1. The molecule has 0 aliphatic carbocycles. The minimum Gasteiger partial charge on any atom is -0.486 e. The minimum absolute atomic E-state index is 0.173. The second kappa shape index (κ2) is 6.22. The minimum atomic E-state index is -3.60. The molecule has 0 unspecified atom stereocenters. The highest BCUT2D eigenvalue weighted by Crippen LogP contribution is 2.32. The predicted octanol–water partition coefficient (Wildman–Crippen LogP) is 2.55. The van der Waals surface area contributed by atoms with E-state index in [1.807, 2.05) is 32.0 Å². The summed E-state index contributed by atoms with van der Waals surface area (Å²) < 4.78 is 38.4. The van der Waals surface area contributed by atoms with E-state index >= 15 is 0 Å². The van der Waals surface area contributed by atoms with Crippen molar-refractivity contribution in [2.75, 3.05) is 13.2 Å². The van der Waals surface area contributed by atoms with Crippen molar-refractivity contribution in [3.8, 4) is 11.5 Å². The zero-order chi connectivity index (χ0) is 16.4. The number of aryl methyl sites for hydroxylation is 2. The maximum atomic E-state index is 12.5. The van der Waals surface area contributed by atoms with Crippen LogP contribution in [0.5, 0.6) is 11.5 Å². The fourth-order valence-corrected chi connectivity index (χ4v) is 3.51. The van der Waals surface area contributed by atoms with Gasteiger partial charge in [0.05, 0.1) is 4.90 Å². The summed E-state index contributed by atoms with van der Waals surface area (Å²) in [6.45, 7) is 5.14. The first-order valence-electron chi connectivity index (χ1n) is 7.41. The average molecular weight is 333 g/mol.